The molecule has 0 saturated heterocycles. The van der Waals surface area contributed by atoms with Crippen LogP contribution in [0.15, 0.2) is 72.8 Å². The van der Waals surface area contributed by atoms with Gasteiger partial charge < -0.3 is 40.2 Å². The first-order valence-corrected chi connectivity index (χ1v) is 18.6. The maximum atomic E-state index is 14.3. The highest BCUT2D eigenvalue weighted by atomic mass is 35.5. The number of halogens is 2. The largest absolute Gasteiger partial charge is 0.497 e. The second kappa shape index (κ2) is 16.9. The van der Waals surface area contributed by atoms with Crippen LogP contribution in [0, 0.1) is 0 Å². The summed E-state index contributed by atoms with van der Waals surface area (Å²) in [5.41, 5.74) is 3.39. The van der Waals surface area contributed by atoms with Gasteiger partial charge >= 0.3 is 12.1 Å². The van der Waals surface area contributed by atoms with Crippen molar-refractivity contribution in [3.63, 3.8) is 0 Å². The molecule has 0 saturated carbocycles. The highest BCUT2D eigenvalue weighted by Crippen LogP contribution is 2.35. The molecular formula is C41H42Cl2N6O7. The first kappa shape index (κ1) is 39.9. The molecule has 2 heterocycles. The quantitative estimate of drug-likeness (QED) is 0.0787. The van der Waals surface area contributed by atoms with Crippen LogP contribution in [0.25, 0.3) is 43.6 Å². The Hall–Kier alpha value is -5.79. The van der Waals surface area contributed by atoms with Gasteiger partial charge in [-0.1, -0.05) is 23.2 Å². The van der Waals surface area contributed by atoms with Crippen LogP contribution < -0.4 is 25.4 Å². The van der Waals surface area contributed by atoms with Crippen molar-refractivity contribution in [3.8, 4) is 11.5 Å². The van der Waals surface area contributed by atoms with E-state index in [4.69, 9.17) is 47.4 Å². The van der Waals surface area contributed by atoms with Crippen molar-refractivity contribution in [1.29, 1.82) is 0 Å². The molecule has 13 nitrogen and oxygen atoms in total. The lowest BCUT2D eigenvalue weighted by Crippen LogP contribution is -2.52. The standard InChI is InChI=1S/C41H42Cl2N6O7/c1-41(2,3)56-40(53)48-35(22-36(50)51)39(52)49(16-14-44-37-27-10-6-23(42)18-33(27)46-31-12-8-25(54-4)20-29(31)37)17-15-45-38-28-11-7-24(43)19-34(28)47-32-13-9-26(55-5)21-30(32)38/h6-13,18-21,35H,14-17,22H2,1-5H3,(H,44,46)(H,45,47)(H,48,53)(H,50,51). The molecule has 6 rings (SSSR count). The van der Waals surface area contributed by atoms with E-state index < -0.39 is 36.0 Å². The molecule has 4 aromatic carbocycles. The number of aromatic nitrogens is 2. The second-order valence-corrected chi connectivity index (χ2v) is 14.9. The van der Waals surface area contributed by atoms with Gasteiger partial charge in [-0.3, -0.25) is 9.59 Å². The number of anilines is 2. The lowest BCUT2D eigenvalue weighted by Gasteiger charge is -2.29. The number of rotatable bonds is 14. The molecule has 6 aromatic rings. The number of carbonyl (C=O) groups is 3. The van der Waals surface area contributed by atoms with Crippen molar-refractivity contribution in [3.05, 3.63) is 82.8 Å². The van der Waals surface area contributed by atoms with Gasteiger partial charge in [0.1, 0.15) is 23.1 Å². The van der Waals surface area contributed by atoms with Crippen LogP contribution in [0.1, 0.15) is 27.2 Å². The Morgan fingerprint density at radius 2 is 1.20 bits per heavy atom. The molecule has 56 heavy (non-hydrogen) atoms. The number of alkyl carbamates (subject to hydrolysis) is 1. The van der Waals surface area contributed by atoms with Crippen molar-refractivity contribution >= 4 is 96.2 Å². The summed E-state index contributed by atoms with van der Waals surface area (Å²) in [6, 6.07) is 20.6. The maximum Gasteiger partial charge on any atom is 0.408 e. The first-order chi connectivity index (χ1) is 26.7. The fraction of sp³-hybridized carbons (Fsp3) is 0.293. The van der Waals surface area contributed by atoms with Gasteiger partial charge in [-0.2, -0.15) is 0 Å². The van der Waals surface area contributed by atoms with Gasteiger partial charge in [0.15, 0.2) is 0 Å². The average molecular weight is 802 g/mol. The Labute approximate surface area is 333 Å². The Morgan fingerprint density at radius 3 is 1.62 bits per heavy atom. The summed E-state index contributed by atoms with van der Waals surface area (Å²) in [6.45, 7) is 5.75. The molecule has 2 amide bonds. The van der Waals surface area contributed by atoms with Gasteiger partial charge in [-0.05, 0) is 93.6 Å². The molecule has 0 aliphatic carbocycles. The number of hydrogen-bond donors (Lipinski definition) is 4. The summed E-state index contributed by atoms with van der Waals surface area (Å²) in [4.78, 5) is 50.3. The zero-order valence-corrected chi connectivity index (χ0v) is 33.0. The molecule has 0 aliphatic heterocycles. The van der Waals surface area contributed by atoms with Crippen molar-refractivity contribution < 1.29 is 33.7 Å². The van der Waals surface area contributed by atoms with E-state index in [2.05, 4.69) is 16.0 Å². The van der Waals surface area contributed by atoms with Crippen LogP contribution in [0.3, 0.4) is 0 Å². The Morgan fingerprint density at radius 1 is 0.714 bits per heavy atom. The predicted octanol–water partition coefficient (Wildman–Crippen LogP) is 8.13. The highest BCUT2D eigenvalue weighted by molar-refractivity contribution is 6.32. The number of benzene rings is 4. The van der Waals surface area contributed by atoms with Crippen molar-refractivity contribution in [1.82, 2.24) is 20.2 Å². The second-order valence-electron chi connectivity index (χ2n) is 14.0. The van der Waals surface area contributed by atoms with Gasteiger partial charge in [-0.15, -0.1) is 0 Å². The lowest BCUT2D eigenvalue weighted by molar-refractivity contribution is -0.142. The zero-order chi connectivity index (χ0) is 40.1. The number of methoxy groups -OCH3 is 2. The molecular weight excluding hydrogens is 759 g/mol. The van der Waals surface area contributed by atoms with Gasteiger partial charge in [0.25, 0.3) is 0 Å². The number of carboxylic acid groups (broad SMARTS) is 1. The van der Waals surface area contributed by atoms with Gasteiger partial charge in [0, 0.05) is 57.8 Å². The summed E-state index contributed by atoms with van der Waals surface area (Å²) in [6.07, 6.45) is -1.56. The predicted molar refractivity (Wildman–Crippen MR) is 221 cm³/mol. The molecule has 292 valence electrons. The van der Waals surface area contributed by atoms with E-state index in [9.17, 15) is 19.5 Å². The third-order valence-electron chi connectivity index (χ3n) is 8.93. The SMILES string of the molecule is COc1ccc2nc3cc(Cl)ccc3c(NCCN(CCNc3c4ccc(Cl)cc4nc4ccc(OC)cc34)C(=O)C(CC(=O)O)NC(=O)OC(C)(C)C)c2c1. The number of aliphatic carboxylic acids is 1. The minimum Gasteiger partial charge on any atom is -0.497 e. The molecule has 1 atom stereocenters. The number of hydrogen-bond acceptors (Lipinski definition) is 10. The summed E-state index contributed by atoms with van der Waals surface area (Å²) in [5.74, 6) is -0.587. The average Bonchev–Trinajstić information content (AvgIpc) is 3.14. The summed E-state index contributed by atoms with van der Waals surface area (Å²) >= 11 is 12.7. The van der Waals surface area contributed by atoms with Crippen LogP contribution in [-0.4, -0.2) is 90.0 Å². The van der Waals surface area contributed by atoms with Crippen LogP contribution in [0.5, 0.6) is 11.5 Å². The molecule has 0 spiro atoms. The Bertz CT molecular complexity index is 2320. The molecule has 0 radical (unpaired) electrons. The van der Waals surface area contributed by atoms with Crippen molar-refractivity contribution in [2.45, 2.75) is 38.8 Å². The Balaban J connectivity index is 1.33. The van der Waals surface area contributed by atoms with E-state index in [0.717, 1.165) is 32.9 Å². The van der Waals surface area contributed by atoms with E-state index in [1.165, 1.54) is 4.90 Å². The van der Waals surface area contributed by atoms with E-state index >= 15 is 0 Å². The number of fused-ring (bicyclic) bond motifs is 4. The highest BCUT2D eigenvalue weighted by Gasteiger charge is 2.30. The summed E-state index contributed by atoms with van der Waals surface area (Å²) < 4.78 is 16.4. The number of carbonyl (C=O) groups excluding carboxylic acids is 2. The minimum absolute atomic E-state index is 0.122. The molecule has 0 bridgehead atoms. The minimum atomic E-state index is -1.41. The van der Waals surface area contributed by atoms with Gasteiger partial charge in [0.2, 0.25) is 5.91 Å². The molecule has 0 fully saturated rings. The number of nitrogens with zero attached hydrogens (tertiary/aromatic N) is 3. The summed E-state index contributed by atoms with van der Waals surface area (Å²) in [7, 11) is 3.17. The summed E-state index contributed by atoms with van der Waals surface area (Å²) in [5, 5.41) is 23.5. The Kier molecular flexibility index (Phi) is 12.1. The third kappa shape index (κ3) is 9.35. The molecule has 4 N–H and O–H groups in total. The smallest absolute Gasteiger partial charge is 0.408 e. The van der Waals surface area contributed by atoms with Crippen LogP contribution >= 0.6 is 23.2 Å². The normalized spacial score (nSPS) is 12.1. The topological polar surface area (TPSA) is 164 Å². The lowest BCUT2D eigenvalue weighted by atomic mass is 10.1. The number of carboxylic acids is 1. The molecule has 15 heteroatoms. The fourth-order valence-electron chi connectivity index (χ4n) is 6.44. The van der Waals surface area contributed by atoms with E-state index in [1.807, 2.05) is 48.5 Å². The maximum absolute atomic E-state index is 14.3. The van der Waals surface area contributed by atoms with Gasteiger partial charge in [-0.25, -0.2) is 14.8 Å². The fourth-order valence-corrected chi connectivity index (χ4v) is 6.77. The van der Waals surface area contributed by atoms with Crippen molar-refractivity contribution in [2.24, 2.45) is 0 Å². The van der Waals surface area contributed by atoms with Crippen molar-refractivity contribution in [2.75, 3.05) is 51.0 Å². The number of nitrogens with one attached hydrogen (secondary N) is 3. The van der Waals surface area contributed by atoms with Crippen LogP contribution in [-0.2, 0) is 14.3 Å². The molecule has 1 unspecified atom stereocenters. The van der Waals surface area contributed by atoms with E-state index in [1.54, 1.807) is 59.3 Å². The first-order valence-electron chi connectivity index (χ1n) is 17.8. The molecule has 2 aromatic heterocycles. The zero-order valence-electron chi connectivity index (χ0n) is 31.5. The van der Waals surface area contributed by atoms with Crippen LogP contribution in [0.2, 0.25) is 10.0 Å². The monoisotopic (exact) mass is 800 g/mol. The van der Waals surface area contributed by atoms with Crippen LogP contribution in [0.4, 0.5) is 16.2 Å². The van der Waals surface area contributed by atoms with E-state index in [-0.39, 0.29) is 26.2 Å². The molecule has 0 aliphatic rings. The number of ether oxygens (including phenoxy) is 3. The number of pyridine rings is 2. The van der Waals surface area contributed by atoms with Gasteiger partial charge in [0.05, 0.1) is 54.1 Å². The number of amides is 2. The third-order valence-corrected chi connectivity index (χ3v) is 9.40. The van der Waals surface area contributed by atoms with E-state index in [0.29, 0.717) is 43.6 Å².